The van der Waals surface area contributed by atoms with Gasteiger partial charge in [0.05, 0.1) is 0 Å². The van der Waals surface area contributed by atoms with Crippen LogP contribution in [0.5, 0.6) is 5.75 Å². The molecule has 1 atom stereocenters. The molecule has 1 unspecified atom stereocenters. The zero-order chi connectivity index (χ0) is 14.4. The first kappa shape index (κ1) is 15.3. The van der Waals surface area contributed by atoms with Crippen molar-refractivity contribution >= 4 is 17.2 Å². The van der Waals surface area contributed by atoms with E-state index < -0.39 is 0 Å². The summed E-state index contributed by atoms with van der Waals surface area (Å²) in [5.74, 6) is 1.71. The van der Waals surface area contributed by atoms with Crippen LogP contribution in [0, 0.1) is 5.92 Å². The zero-order valence-corrected chi connectivity index (χ0v) is 13.0. The molecule has 0 bridgehead atoms. The van der Waals surface area contributed by atoms with Crippen LogP contribution < -0.4 is 10.5 Å². The van der Waals surface area contributed by atoms with E-state index in [1.54, 1.807) is 0 Å². The van der Waals surface area contributed by atoms with Gasteiger partial charge in [0.25, 0.3) is 0 Å². The predicted molar refractivity (Wildman–Crippen MR) is 87.3 cm³/mol. The molecule has 1 saturated heterocycles. The normalized spacial score (nSPS) is 20.4. The van der Waals surface area contributed by atoms with Crippen molar-refractivity contribution in [2.75, 3.05) is 26.2 Å². The highest BCUT2D eigenvalue weighted by molar-refractivity contribution is 7.80. The SMILES string of the molecule is CC1CCCN(CCOc2cccc(C(N)=S)c2)CC1. The lowest BCUT2D eigenvalue weighted by molar-refractivity contribution is 0.212. The maximum Gasteiger partial charge on any atom is 0.120 e. The third-order valence-corrected chi connectivity index (χ3v) is 4.14. The third kappa shape index (κ3) is 4.76. The van der Waals surface area contributed by atoms with Crippen molar-refractivity contribution in [3.05, 3.63) is 29.8 Å². The predicted octanol–water partition coefficient (Wildman–Crippen LogP) is 2.82. The van der Waals surface area contributed by atoms with E-state index in [-0.39, 0.29) is 0 Å². The van der Waals surface area contributed by atoms with Crippen molar-refractivity contribution in [2.24, 2.45) is 11.7 Å². The zero-order valence-electron chi connectivity index (χ0n) is 12.2. The van der Waals surface area contributed by atoms with Gasteiger partial charge in [0.1, 0.15) is 17.3 Å². The molecule has 0 spiro atoms. The molecule has 4 heteroatoms. The summed E-state index contributed by atoms with van der Waals surface area (Å²) in [5, 5.41) is 0. The maximum atomic E-state index is 5.81. The first-order valence-corrected chi connectivity index (χ1v) is 7.81. The van der Waals surface area contributed by atoms with Gasteiger partial charge in [-0.15, -0.1) is 0 Å². The molecule has 1 heterocycles. The Balaban J connectivity index is 1.78. The minimum atomic E-state index is 0.414. The van der Waals surface area contributed by atoms with Crippen molar-refractivity contribution in [1.29, 1.82) is 0 Å². The Labute approximate surface area is 127 Å². The second kappa shape index (κ2) is 7.60. The van der Waals surface area contributed by atoms with Gasteiger partial charge in [-0.1, -0.05) is 31.3 Å². The van der Waals surface area contributed by atoms with Crippen molar-refractivity contribution in [3.63, 3.8) is 0 Å². The molecule has 1 aromatic carbocycles. The van der Waals surface area contributed by atoms with Gasteiger partial charge in [-0.3, -0.25) is 4.90 Å². The lowest BCUT2D eigenvalue weighted by Gasteiger charge is -2.20. The van der Waals surface area contributed by atoms with E-state index in [0.29, 0.717) is 4.99 Å². The monoisotopic (exact) mass is 292 g/mol. The summed E-state index contributed by atoms with van der Waals surface area (Å²) in [5.41, 5.74) is 6.49. The third-order valence-electron chi connectivity index (χ3n) is 3.90. The Morgan fingerprint density at radius 1 is 1.40 bits per heavy atom. The quantitative estimate of drug-likeness (QED) is 0.847. The van der Waals surface area contributed by atoms with Gasteiger partial charge in [-0.25, -0.2) is 0 Å². The van der Waals surface area contributed by atoms with Crippen LogP contribution in [0.4, 0.5) is 0 Å². The molecule has 1 aliphatic heterocycles. The van der Waals surface area contributed by atoms with Gasteiger partial charge in [0.15, 0.2) is 0 Å². The molecule has 0 amide bonds. The van der Waals surface area contributed by atoms with E-state index in [9.17, 15) is 0 Å². The summed E-state index contributed by atoms with van der Waals surface area (Å²) in [6.07, 6.45) is 3.96. The number of nitrogens with zero attached hydrogens (tertiary/aromatic N) is 1. The number of rotatable bonds is 5. The molecule has 0 radical (unpaired) electrons. The molecule has 0 aromatic heterocycles. The van der Waals surface area contributed by atoms with Gasteiger partial charge in [-0.2, -0.15) is 0 Å². The number of nitrogens with two attached hydrogens (primary N) is 1. The number of hydrogen-bond donors (Lipinski definition) is 1. The number of likely N-dealkylation sites (tertiary alicyclic amines) is 1. The molecule has 0 saturated carbocycles. The van der Waals surface area contributed by atoms with E-state index in [4.69, 9.17) is 22.7 Å². The van der Waals surface area contributed by atoms with Crippen LogP contribution >= 0.6 is 12.2 Å². The Kier molecular flexibility index (Phi) is 5.80. The van der Waals surface area contributed by atoms with E-state index >= 15 is 0 Å². The van der Waals surface area contributed by atoms with Gasteiger partial charge >= 0.3 is 0 Å². The second-order valence-electron chi connectivity index (χ2n) is 5.62. The average Bonchev–Trinajstić information content (AvgIpc) is 2.64. The highest BCUT2D eigenvalue weighted by Crippen LogP contribution is 2.17. The molecular weight excluding hydrogens is 268 g/mol. The van der Waals surface area contributed by atoms with Gasteiger partial charge in [0.2, 0.25) is 0 Å². The summed E-state index contributed by atoms with van der Waals surface area (Å²) in [4.78, 5) is 2.91. The highest BCUT2D eigenvalue weighted by Gasteiger charge is 2.13. The van der Waals surface area contributed by atoms with Gasteiger partial charge in [0, 0.05) is 12.1 Å². The Morgan fingerprint density at radius 3 is 3.05 bits per heavy atom. The summed E-state index contributed by atoms with van der Waals surface area (Å²) in [7, 11) is 0. The van der Waals surface area contributed by atoms with E-state index in [2.05, 4.69) is 11.8 Å². The maximum absolute atomic E-state index is 5.81. The van der Waals surface area contributed by atoms with Crippen LogP contribution in [-0.2, 0) is 0 Å². The fraction of sp³-hybridized carbons (Fsp3) is 0.562. The molecular formula is C16H24N2OS. The van der Waals surface area contributed by atoms with Gasteiger partial charge < -0.3 is 10.5 Å². The van der Waals surface area contributed by atoms with Crippen LogP contribution in [-0.4, -0.2) is 36.1 Å². The molecule has 1 fully saturated rings. The first-order valence-electron chi connectivity index (χ1n) is 7.40. The topological polar surface area (TPSA) is 38.5 Å². The number of thiocarbonyl (C=S) groups is 1. The van der Waals surface area contributed by atoms with E-state index in [1.807, 2.05) is 24.3 Å². The second-order valence-corrected chi connectivity index (χ2v) is 6.06. The first-order chi connectivity index (χ1) is 9.65. The van der Waals surface area contributed by atoms with E-state index in [1.165, 1.54) is 32.4 Å². The molecule has 2 rings (SSSR count). The van der Waals surface area contributed by atoms with E-state index in [0.717, 1.165) is 30.4 Å². The number of ether oxygens (including phenoxy) is 1. The smallest absolute Gasteiger partial charge is 0.120 e. The Morgan fingerprint density at radius 2 is 2.25 bits per heavy atom. The fourth-order valence-corrected chi connectivity index (χ4v) is 2.70. The van der Waals surface area contributed by atoms with Crippen molar-refractivity contribution < 1.29 is 4.74 Å². The molecule has 110 valence electrons. The lowest BCUT2D eigenvalue weighted by Crippen LogP contribution is -2.29. The molecule has 20 heavy (non-hydrogen) atoms. The molecule has 2 N–H and O–H groups in total. The molecule has 3 nitrogen and oxygen atoms in total. The number of benzene rings is 1. The highest BCUT2D eigenvalue weighted by atomic mass is 32.1. The summed E-state index contributed by atoms with van der Waals surface area (Å²) in [6, 6.07) is 7.70. The van der Waals surface area contributed by atoms with Crippen LogP contribution in [0.15, 0.2) is 24.3 Å². The fourth-order valence-electron chi connectivity index (χ4n) is 2.58. The van der Waals surface area contributed by atoms with Crippen LogP contribution in [0.1, 0.15) is 31.7 Å². The summed E-state index contributed by atoms with van der Waals surface area (Å²) < 4.78 is 5.81. The van der Waals surface area contributed by atoms with Crippen LogP contribution in [0.25, 0.3) is 0 Å². The minimum Gasteiger partial charge on any atom is -0.492 e. The van der Waals surface area contributed by atoms with Crippen LogP contribution in [0.3, 0.4) is 0 Å². The lowest BCUT2D eigenvalue weighted by atomic mass is 10.0. The standard InChI is InChI=1S/C16H24N2OS/c1-13-4-3-8-18(9-7-13)10-11-19-15-6-2-5-14(12-15)16(17)20/h2,5-6,12-13H,3-4,7-11H2,1H3,(H2,17,20). The van der Waals surface area contributed by atoms with Crippen molar-refractivity contribution in [2.45, 2.75) is 26.2 Å². The molecule has 0 aliphatic carbocycles. The van der Waals surface area contributed by atoms with Crippen LogP contribution in [0.2, 0.25) is 0 Å². The molecule has 1 aromatic rings. The summed E-state index contributed by atoms with van der Waals surface area (Å²) in [6.45, 7) is 6.44. The van der Waals surface area contributed by atoms with Gasteiger partial charge in [-0.05, 0) is 50.4 Å². The number of hydrogen-bond acceptors (Lipinski definition) is 3. The largest absolute Gasteiger partial charge is 0.492 e. The Hall–Kier alpha value is -1.13. The average molecular weight is 292 g/mol. The molecule has 1 aliphatic rings. The Bertz CT molecular complexity index is 450. The minimum absolute atomic E-state index is 0.414. The summed E-state index contributed by atoms with van der Waals surface area (Å²) >= 11 is 4.98. The van der Waals surface area contributed by atoms with Crippen molar-refractivity contribution in [1.82, 2.24) is 4.90 Å². The van der Waals surface area contributed by atoms with Crippen molar-refractivity contribution in [3.8, 4) is 5.75 Å².